The number of nitrogens with zero attached hydrogens (tertiary/aromatic N) is 2. The van der Waals surface area contributed by atoms with Gasteiger partial charge in [-0.1, -0.05) is 45.0 Å². The summed E-state index contributed by atoms with van der Waals surface area (Å²) in [4.78, 5) is 7.37. The molecule has 0 spiro atoms. The molecule has 3 aromatic rings. The summed E-state index contributed by atoms with van der Waals surface area (Å²) in [6.07, 6.45) is 1.78. The molecular weight excluding hydrogens is 301 g/mol. The van der Waals surface area contributed by atoms with Gasteiger partial charge in [0.1, 0.15) is 17.7 Å². The van der Waals surface area contributed by atoms with Crippen molar-refractivity contribution in [3.8, 4) is 6.07 Å². The van der Waals surface area contributed by atoms with E-state index in [0.717, 1.165) is 5.56 Å². The van der Waals surface area contributed by atoms with Crippen molar-refractivity contribution in [2.45, 2.75) is 26.2 Å². The largest absolute Gasteiger partial charge is 0.337 e. The smallest absolute Gasteiger partial charge is 0.149 e. The van der Waals surface area contributed by atoms with E-state index in [0.29, 0.717) is 22.4 Å². The highest BCUT2D eigenvalue weighted by atomic mass is 19.1. The highest BCUT2D eigenvalue weighted by Crippen LogP contribution is 2.24. The summed E-state index contributed by atoms with van der Waals surface area (Å²) in [5, 5.41) is 9.45. The first-order valence-electron chi connectivity index (χ1n) is 7.75. The minimum Gasteiger partial charge on any atom is -0.337 e. The molecule has 0 radical (unpaired) electrons. The molecule has 4 heteroatoms. The first kappa shape index (κ1) is 15.9. The zero-order chi connectivity index (χ0) is 17.3. The van der Waals surface area contributed by atoms with Gasteiger partial charge < -0.3 is 4.98 Å². The number of benzene rings is 2. The maximum Gasteiger partial charge on any atom is 0.149 e. The minimum atomic E-state index is -0.335. The molecule has 0 aliphatic heterocycles. The number of allylic oxidation sites excluding steroid dienone is 1. The predicted octanol–water partition coefficient (Wildman–Crippen LogP) is 5.06. The molecule has 0 bridgehead atoms. The third-order valence-corrected chi connectivity index (χ3v) is 3.91. The Morgan fingerprint density at radius 1 is 1.17 bits per heavy atom. The van der Waals surface area contributed by atoms with Gasteiger partial charge in [0.05, 0.1) is 16.6 Å². The highest BCUT2D eigenvalue weighted by molar-refractivity contribution is 5.90. The van der Waals surface area contributed by atoms with E-state index < -0.39 is 0 Å². The summed E-state index contributed by atoms with van der Waals surface area (Å²) in [5.74, 6) is 0.107. The van der Waals surface area contributed by atoms with Crippen LogP contribution in [0.15, 0.2) is 42.5 Å². The predicted molar refractivity (Wildman–Crippen MR) is 94.7 cm³/mol. The van der Waals surface area contributed by atoms with Crippen LogP contribution in [0.3, 0.4) is 0 Å². The summed E-state index contributed by atoms with van der Waals surface area (Å²) in [6.45, 7) is 6.48. The average molecular weight is 319 g/mol. The number of hydrogen-bond donors (Lipinski definition) is 1. The Labute approximate surface area is 140 Å². The lowest BCUT2D eigenvalue weighted by Crippen LogP contribution is -2.10. The van der Waals surface area contributed by atoms with E-state index in [1.807, 2.05) is 12.1 Å². The number of hydrogen-bond acceptors (Lipinski definition) is 2. The van der Waals surface area contributed by atoms with Gasteiger partial charge >= 0.3 is 0 Å². The van der Waals surface area contributed by atoms with Crippen LogP contribution in [-0.2, 0) is 5.41 Å². The Morgan fingerprint density at radius 2 is 1.88 bits per heavy atom. The summed E-state index contributed by atoms with van der Waals surface area (Å²) >= 11 is 0. The van der Waals surface area contributed by atoms with Crippen molar-refractivity contribution < 1.29 is 4.39 Å². The van der Waals surface area contributed by atoms with Gasteiger partial charge in [0.25, 0.3) is 0 Å². The molecule has 0 aliphatic carbocycles. The van der Waals surface area contributed by atoms with Crippen LogP contribution in [0.2, 0.25) is 0 Å². The van der Waals surface area contributed by atoms with E-state index in [1.54, 1.807) is 12.1 Å². The Kier molecular flexibility index (Phi) is 3.94. The van der Waals surface area contributed by atoms with Crippen molar-refractivity contribution in [1.82, 2.24) is 9.97 Å². The number of fused-ring (bicyclic) bond motifs is 1. The maximum atomic E-state index is 13.3. The summed E-state index contributed by atoms with van der Waals surface area (Å²) in [7, 11) is 0. The van der Waals surface area contributed by atoms with Gasteiger partial charge in [-0.3, -0.25) is 0 Å². The fraction of sp³-hybridized carbons (Fsp3) is 0.200. The van der Waals surface area contributed by atoms with Gasteiger partial charge in [0.2, 0.25) is 0 Å². The molecule has 0 atom stereocenters. The second kappa shape index (κ2) is 5.93. The first-order valence-corrected chi connectivity index (χ1v) is 7.75. The van der Waals surface area contributed by atoms with E-state index in [1.165, 1.54) is 17.7 Å². The lowest BCUT2D eigenvalue weighted by atomic mass is 9.86. The van der Waals surface area contributed by atoms with Gasteiger partial charge in [-0.25, -0.2) is 9.37 Å². The van der Waals surface area contributed by atoms with Crippen molar-refractivity contribution in [3.63, 3.8) is 0 Å². The molecule has 120 valence electrons. The number of nitriles is 1. The molecule has 2 aromatic carbocycles. The summed E-state index contributed by atoms with van der Waals surface area (Å²) < 4.78 is 13.3. The zero-order valence-corrected chi connectivity index (χ0v) is 13.9. The van der Waals surface area contributed by atoms with Gasteiger partial charge in [0.15, 0.2) is 0 Å². The SMILES string of the molecule is CC(C)(C)c1ccc(/C=C(/C#N)c2nc3ccc(F)cc3[nH]2)cc1. The van der Waals surface area contributed by atoms with Crippen LogP contribution >= 0.6 is 0 Å². The third-order valence-electron chi connectivity index (χ3n) is 3.91. The van der Waals surface area contributed by atoms with Gasteiger partial charge in [-0.2, -0.15) is 5.26 Å². The lowest BCUT2D eigenvalue weighted by molar-refractivity contribution is 0.590. The number of aromatic amines is 1. The maximum absolute atomic E-state index is 13.3. The second-order valence-corrected chi connectivity index (χ2v) is 6.79. The van der Waals surface area contributed by atoms with Crippen molar-refractivity contribution in [2.75, 3.05) is 0 Å². The van der Waals surface area contributed by atoms with Gasteiger partial charge in [-0.15, -0.1) is 0 Å². The monoisotopic (exact) mass is 319 g/mol. The number of H-pyrrole nitrogens is 1. The van der Waals surface area contributed by atoms with Crippen LogP contribution in [0.5, 0.6) is 0 Å². The first-order chi connectivity index (χ1) is 11.4. The quantitative estimate of drug-likeness (QED) is 0.671. The molecule has 0 fully saturated rings. The third kappa shape index (κ3) is 3.21. The summed E-state index contributed by atoms with van der Waals surface area (Å²) in [5.41, 5.74) is 3.87. The number of rotatable bonds is 2. The normalized spacial score (nSPS) is 12.4. The fourth-order valence-corrected chi connectivity index (χ4v) is 2.51. The lowest BCUT2D eigenvalue weighted by Gasteiger charge is -2.18. The topological polar surface area (TPSA) is 52.5 Å². The van der Waals surface area contributed by atoms with E-state index in [4.69, 9.17) is 0 Å². The molecule has 0 saturated heterocycles. The number of nitrogens with one attached hydrogen (secondary N) is 1. The Morgan fingerprint density at radius 3 is 2.50 bits per heavy atom. The van der Waals surface area contributed by atoms with Crippen molar-refractivity contribution in [3.05, 3.63) is 65.2 Å². The molecule has 1 N–H and O–H groups in total. The standard InChI is InChI=1S/C20H18FN3/c1-20(2,3)15-6-4-13(5-7-15)10-14(12-22)19-23-17-9-8-16(21)11-18(17)24-19/h4-11H,1-3H3,(H,23,24)/b14-10-. The number of aromatic nitrogens is 2. The molecular formula is C20H18FN3. The molecule has 0 aliphatic rings. The van der Waals surface area contributed by atoms with Crippen LogP contribution in [0.4, 0.5) is 4.39 Å². The molecule has 1 aromatic heterocycles. The second-order valence-electron chi connectivity index (χ2n) is 6.79. The highest BCUT2D eigenvalue weighted by Gasteiger charge is 2.13. The van der Waals surface area contributed by atoms with E-state index in [-0.39, 0.29) is 11.2 Å². The van der Waals surface area contributed by atoms with E-state index in [2.05, 4.69) is 48.9 Å². The number of halogens is 1. The zero-order valence-electron chi connectivity index (χ0n) is 13.9. The van der Waals surface area contributed by atoms with Crippen molar-refractivity contribution in [1.29, 1.82) is 5.26 Å². The van der Waals surface area contributed by atoms with Gasteiger partial charge in [-0.05, 0) is 40.8 Å². The molecule has 1 heterocycles. The minimum absolute atomic E-state index is 0.0864. The van der Waals surface area contributed by atoms with Crippen molar-refractivity contribution >= 4 is 22.7 Å². The molecule has 0 unspecified atom stereocenters. The molecule has 3 rings (SSSR count). The van der Waals surface area contributed by atoms with Gasteiger partial charge in [0, 0.05) is 0 Å². The molecule has 3 nitrogen and oxygen atoms in total. The Bertz CT molecular complexity index is 951. The molecule has 0 amide bonds. The molecule has 0 saturated carbocycles. The Hall–Kier alpha value is -2.93. The van der Waals surface area contributed by atoms with Crippen LogP contribution < -0.4 is 0 Å². The fourth-order valence-electron chi connectivity index (χ4n) is 2.51. The van der Waals surface area contributed by atoms with Crippen LogP contribution in [0, 0.1) is 17.1 Å². The van der Waals surface area contributed by atoms with Crippen LogP contribution in [0.1, 0.15) is 37.7 Å². The van der Waals surface area contributed by atoms with E-state index >= 15 is 0 Å². The average Bonchev–Trinajstić information content (AvgIpc) is 2.95. The molecule has 24 heavy (non-hydrogen) atoms. The summed E-state index contributed by atoms with van der Waals surface area (Å²) in [6, 6.07) is 14.6. The van der Waals surface area contributed by atoms with Crippen LogP contribution in [0.25, 0.3) is 22.7 Å². The van der Waals surface area contributed by atoms with Crippen LogP contribution in [-0.4, -0.2) is 9.97 Å². The van der Waals surface area contributed by atoms with E-state index in [9.17, 15) is 9.65 Å². The number of imidazole rings is 1. The van der Waals surface area contributed by atoms with Crippen molar-refractivity contribution in [2.24, 2.45) is 0 Å². The Balaban J connectivity index is 1.98.